The molecule has 1 aliphatic heterocycles. The molecule has 0 saturated carbocycles. The first-order valence-electron chi connectivity index (χ1n) is 8.11. The highest BCUT2D eigenvalue weighted by molar-refractivity contribution is 6.30. The van der Waals surface area contributed by atoms with Gasteiger partial charge in [0.2, 0.25) is 0 Å². The van der Waals surface area contributed by atoms with Gasteiger partial charge in [0.15, 0.2) is 5.82 Å². The normalized spacial score (nSPS) is 17.6. The fourth-order valence-corrected chi connectivity index (χ4v) is 2.94. The van der Waals surface area contributed by atoms with Gasteiger partial charge in [-0.15, -0.1) is 10.2 Å². The summed E-state index contributed by atoms with van der Waals surface area (Å²) < 4.78 is 11.1. The van der Waals surface area contributed by atoms with Crippen LogP contribution in [-0.2, 0) is 9.47 Å². The summed E-state index contributed by atoms with van der Waals surface area (Å²) in [6.07, 6.45) is 3.56. The van der Waals surface area contributed by atoms with E-state index in [0.29, 0.717) is 37.2 Å². The van der Waals surface area contributed by atoms with Gasteiger partial charge in [-0.25, -0.2) is 0 Å². The molecular formula is C18H17ClN4O2. The zero-order chi connectivity index (χ0) is 17.1. The van der Waals surface area contributed by atoms with Crippen LogP contribution in [0.15, 0.2) is 42.7 Å². The maximum Gasteiger partial charge on any atom is 0.158 e. The number of benzene rings is 1. The smallest absolute Gasteiger partial charge is 0.158 e. The largest absolute Gasteiger partial charge is 0.376 e. The summed E-state index contributed by atoms with van der Waals surface area (Å²) in [5, 5.41) is 14.7. The van der Waals surface area contributed by atoms with Crippen molar-refractivity contribution in [1.29, 1.82) is 0 Å². The summed E-state index contributed by atoms with van der Waals surface area (Å²) >= 11 is 5.98. The van der Waals surface area contributed by atoms with Crippen molar-refractivity contribution in [3.8, 4) is 11.3 Å². The number of fused-ring (bicyclic) bond motifs is 1. The van der Waals surface area contributed by atoms with Gasteiger partial charge >= 0.3 is 0 Å². The minimum absolute atomic E-state index is 0.0122. The fraction of sp³-hybridized carbons (Fsp3) is 0.278. The number of ether oxygens (including phenoxy) is 2. The molecule has 1 fully saturated rings. The summed E-state index contributed by atoms with van der Waals surface area (Å²) in [6, 6.07) is 9.51. The molecule has 6 nitrogen and oxygen atoms in total. The van der Waals surface area contributed by atoms with Crippen molar-refractivity contribution in [2.24, 2.45) is 0 Å². The van der Waals surface area contributed by atoms with Crippen molar-refractivity contribution >= 4 is 28.2 Å². The predicted octanol–water partition coefficient (Wildman–Crippen LogP) is 3.17. The van der Waals surface area contributed by atoms with Crippen LogP contribution >= 0.6 is 11.6 Å². The van der Waals surface area contributed by atoms with Gasteiger partial charge in [0, 0.05) is 40.3 Å². The molecule has 7 heteroatoms. The van der Waals surface area contributed by atoms with Crippen LogP contribution in [0.1, 0.15) is 0 Å². The van der Waals surface area contributed by atoms with Gasteiger partial charge in [-0.05, 0) is 18.2 Å². The van der Waals surface area contributed by atoms with Crippen molar-refractivity contribution in [3.63, 3.8) is 0 Å². The third kappa shape index (κ3) is 3.56. The molecule has 1 aliphatic rings. The number of aromatic nitrogens is 3. The molecule has 0 unspecified atom stereocenters. The second kappa shape index (κ2) is 7.31. The molecule has 25 heavy (non-hydrogen) atoms. The molecule has 0 radical (unpaired) electrons. The lowest BCUT2D eigenvalue weighted by molar-refractivity contribution is -0.0819. The lowest BCUT2D eigenvalue weighted by Crippen LogP contribution is -2.34. The molecule has 0 aliphatic carbocycles. The molecule has 4 rings (SSSR count). The molecule has 0 bridgehead atoms. The standard InChI is InChI=1S/C18H17ClN4O2/c19-13-3-1-12(2-4-13)17-15-5-6-20-10-16(15)18(23-22-17)21-9-14-11-24-7-8-25-14/h1-6,10,14H,7-9,11H2,(H,21,23)/t14-/m1/s1. The van der Waals surface area contributed by atoms with Gasteiger partial charge < -0.3 is 14.8 Å². The van der Waals surface area contributed by atoms with Crippen LogP contribution in [0.25, 0.3) is 22.0 Å². The monoisotopic (exact) mass is 356 g/mol. The van der Waals surface area contributed by atoms with Crippen molar-refractivity contribution in [3.05, 3.63) is 47.7 Å². The lowest BCUT2D eigenvalue weighted by atomic mass is 10.1. The van der Waals surface area contributed by atoms with E-state index < -0.39 is 0 Å². The highest BCUT2D eigenvalue weighted by atomic mass is 35.5. The second-order valence-electron chi connectivity index (χ2n) is 5.77. The molecule has 1 N–H and O–H groups in total. The number of hydrogen-bond donors (Lipinski definition) is 1. The summed E-state index contributed by atoms with van der Waals surface area (Å²) in [5.74, 6) is 0.690. The quantitative estimate of drug-likeness (QED) is 0.774. The minimum atomic E-state index is 0.0122. The van der Waals surface area contributed by atoms with E-state index in [0.717, 1.165) is 22.0 Å². The van der Waals surface area contributed by atoms with Crippen molar-refractivity contribution in [2.45, 2.75) is 6.10 Å². The Balaban J connectivity index is 1.65. The number of rotatable bonds is 4. The number of hydrogen-bond acceptors (Lipinski definition) is 6. The average molecular weight is 357 g/mol. The highest BCUT2D eigenvalue weighted by Gasteiger charge is 2.16. The van der Waals surface area contributed by atoms with E-state index in [-0.39, 0.29) is 6.10 Å². The number of nitrogens with zero attached hydrogens (tertiary/aromatic N) is 3. The molecule has 3 aromatic rings. The Kier molecular flexibility index (Phi) is 4.74. The molecule has 1 aromatic carbocycles. The van der Waals surface area contributed by atoms with Crippen LogP contribution in [0.5, 0.6) is 0 Å². The van der Waals surface area contributed by atoms with E-state index >= 15 is 0 Å². The molecular weight excluding hydrogens is 340 g/mol. The van der Waals surface area contributed by atoms with Gasteiger partial charge in [-0.1, -0.05) is 23.7 Å². The Bertz CT molecular complexity index is 867. The minimum Gasteiger partial charge on any atom is -0.376 e. The first-order valence-corrected chi connectivity index (χ1v) is 8.48. The number of anilines is 1. The topological polar surface area (TPSA) is 69.2 Å². The zero-order valence-corrected chi connectivity index (χ0v) is 14.2. The Morgan fingerprint density at radius 1 is 1.08 bits per heavy atom. The molecule has 2 aromatic heterocycles. The first kappa shape index (κ1) is 16.2. The Morgan fingerprint density at radius 3 is 2.76 bits per heavy atom. The van der Waals surface area contributed by atoms with E-state index in [1.807, 2.05) is 30.3 Å². The summed E-state index contributed by atoms with van der Waals surface area (Å²) in [5.41, 5.74) is 1.76. The maximum atomic E-state index is 5.98. The summed E-state index contributed by atoms with van der Waals surface area (Å²) in [4.78, 5) is 4.23. The van der Waals surface area contributed by atoms with Crippen molar-refractivity contribution in [1.82, 2.24) is 15.2 Å². The van der Waals surface area contributed by atoms with Gasteiger partial charge in [0.25, 0.3) is 0 Å². The molecule has 0 spiro atoms. The molecule has 3 heterocycles. The van der Waals surface area contributed by atoms with E-state index in [1.165, 1.54) is 0 Å². The van der Waals surface area contributed by atoms with Crippen LogP contribution < -0.4 is 5.32 Å². The molecule has 128 valence electrons. The van der Waals surface area contributed by atoms with Crippen molar-refractivity contribution < 1.29 is 9.47 Å². The number of nitrogens with one attached hydrogen (secondary N) is 1. The second-order valence-corrected chi connectivity index (χ2v) is 6.21. The Morgan fingerprint density at radius 2 is 1.96 bits per heavy atom. The van der Waals surface area contributed by atoms with E-state index in [9.17, 15) is 0 Å². The first-order chi connectivity index (χ1) is 12.3. The number of pyridine rings is 1. The third-order valence-electron chi connectivity index (χ3n) is 4.08. The van der Waals surface area contributed by atoms with Crippen LogP contribution in [0.3, 0.4) is 0 Å². The van der Waals surface area contributed by atoms with Crippen molar-refractivity contribution in [2.75, 3.05) is 31.7 Å². The van der Waals surface area contributed by atoms with Gasteiger partial charge in [-0.2, -0.15) is 0 Å². The predicted molar refractivity (Wildman–Crippen MR) is 96.8 cm³/mol. The third-order valence-corrected chi connectivity index (χ3v) is 4.33. The summed E-state index contributed by atoms with van der Waals surface area (Å²) in [6.45, 7) is 2.47. The average Bonchev–Trinajstić information content (AvgIpc) is 2.68. The van der Waals surface area contributed by atoms with E-state index in [4.69, 9.17) is 21.1 Å². The molecule has 1 saturated heterocycles. The van der Waals surface area contributed by atoms with E-state index in [1.54, 1.807) is 12.4 Å². The fourth-order valence-electron chi connectivity index (χ4n) is 2.81. The van der Waals surface area contributed by atoms with Crippen LogP contribution in [0.4, 0.5) is 5.82 Å². The number of halogens is 1. The van der Waals surface area contributed by atoms with Gasteiger partial charge in [-0.3, -0.25) is 4.98 Å². The SMILES string of the molecule is Clc1ccc(-c2nnc(NC[C@@H]3COCCO3)c3cnccc23)cc1. The molecule has 1 atom stereocenters. The van der Waals surface area contributed by atoms with Gasteiger partial charge in [0.1, 0.15) is 5.69 Å². The summed E-state index contributed by atoms with van der Waals surface area (Å²) in [7, 11) is 0. The van der Waals surface area contributed by atoms with Crippen LogP contribution in [0.2, 0.25) is 5.02 Å². The maximum absolute atomic E-state index is 5.98. The highest BCUT2D eigenvalue weighted by Crippen LogP contribution is 2.29. The van der Waals surface area contributed by atoms with Crippen LogP contribution in [0, 0.1) is 0 Å². The van der Waals surface area contributed by atoms with Gasteiger partial charge in [0.05, 0.1) is 25.9 Å². The molecule has 0 amide bonds. The Labute approximate surface area is 150 Å². The lowest BCUT2D eigenvalue weighted by Gasteiger charge is -2.23. The Hall–Kier alpha value is -2.28. The van der Waals surface area contributed by atoms with Crippen LogP contribution in [-0.4, -0.2) is 47.7 Å². The van der Waals surface area contributed by atoms with E-state index in [2.05, 4.69) is 20.5 Å². The zero-order valence-electron chi connectivity index (χ0n) is 13.5.